The molecular formula is C13H27N. The Kier molecular flexibility index (Phi) is 10.5. The Morgan fingerprint density at radius 3 is 2.57 bits per heavy atom. The van der Waals surface area contributed by atoms with Crippen LogP contribution in [0.1, 0.15) is 52.4 Å². The first-order valence-corrected chi connectivity index (χ1v) is 6.12. The molecule has 0 rings (SSSR count). The molecule has 1 heteroatoms. The standard InChI is InChI=1S/C13H27N/c1-4-6-7-8-9-10-11-13(3)12-14-5-2/h4,13-14H,1,5-12H2,2-3H3. The Morgan fingerprint density at radius 2 is 1.93 bits per heavy atom. The Hall–Kier alpha value is -0.300. The molecule has 1 nitrogen and oxygen atoms in total. The van der Waals surface area contributed by atoms with Gasteiger partial charge in [0.25, 0.3) is 0 Å². The lowest BCUT2D eigenvalue weighted by molar-refractivity contribution is 0.458. The van der Waals surface area contributed by atoms with Crippen LogP contribution in [-0.2, 0) is 0 Å². The number of allylic oxidation sites excluding steroid dienone is 1. The van der Waals surface area contributed by atoms with Crippen LogP contribution in [0.15, 0.2) is 12.7 Å². The van der Waals surface area contributed by atoms with Crippen LogP contribution >= 0.6 is 0 Å². The number of rotatable bonds is 10. The van der Waals surface area contributed by atoms with Gasteiger partial charge in [-0.3, -0.25) is 0 Å². The molecule has 0 radical (unpaired) electrons. The average molecular weight is 197 g/mol. The largest absolute Gasteiger partial charge is 0.317 e. The van der Waals surface area contributed by atoms with Crippen molar-refractivity contribution in [2.45, 2.75) is 52.4 Å². The fraction of sp³-hybridized carbons (Fsp3) is 0.846. The first kappa shape index (κ1) is 13.7. The highest BCUT2D eigenvalue weighted by Crippen LogP contribution is 2.10. The van der Waals surface area contributed by atoms with Crippen LogP contribution in [0.4, 0.5) is 0 Å². The van der Waals surface area contributed by atoms with E-state index < -0.39 is 0 Å². The first-order valence-electron chi connectivity index (χ1n) is 6.12. The third-order valence-corrected chi connectivity index (χ3v) is 2.60. The fourth-order valence-electron chi connectivity index (χ4n) is 1.63. The van der Waals surface area contributed by atoms with Crippen molar-refractivity contribution in [1.29, 1.82) is 0 Å². The van der Waals surface area contributed by atoms with Crippen molar-refractivity contribution in [3.8, 4) is 0 Å². The number of unbranched alkanes of at least 4 members (excludes halogenated alkanes) is 4. The summed E-state index contributed by atoms with van der Waals surface area (Å²) in [6, 6.07) is 0. The van der Waals surface area contributed by atoms with Gasteiger partial charge in [-0.15, -0.1) is 6.58 Å². The van der Waals surface area contributed by atoms with Gasteiger partial charge in [-0.25, -0.2) is 0 Å². The SMILES string of the molecule is C=CCCCCCCC(C)CNCC. The highest BCUT2D eigenvalue weighted by atomic mass is 14.8. The predicted octanol–water partition coefficient (Wildman–Crippen LogP) is 3.76. The van der Waals surface area contributed by atoms with Gasteiger partial charge in [0.1, 0.15) is 0 Å². The molecule has 0 bridgehead atoms. The maximum atomic E-state index is 3.73. The van der Waals surface area contributed by atoms with E-state index in [-0.39, 0.29) is 0 Å². The lowest BCUT2D eigenvalue weighted by atomic mass is 10.0. The van der Waals surface area contributed by atoms with Gasteiger partial charge in [-0.1, -0.05) is 39.2 Å². The van der Waals surface area contributed by atoms with Crippen molar-refractivity contribution in [1.82, 2.24) is 5.32 Å². The Bertz CT molecular complexity index is 120. The maximum absolute atomic E-state index is 3.73. The van der Waals surface area contributed by atoms with Crippen LogP contribution in [0, 0.1) is 5.92 Å². The van der Waals surface area contributed by atoms with Crippen LogP contribution < -0.4 is 5.32 Å². The van der Waals surface area contributed by atoms with Crippen LogP contribution in [0.25, 0.3) is 0 Å². The average Bonchev–Trinajstić information content (AvgIpc) is 2.20. The minimum Gasteiger partial charge on any atom is -0.317 e. The molecule has 0 aromatic heterocycles. The van der Waals surface area contributed by atoms with E-state index in [9.17, 15) is 0 Å². The molecule has 0 aliphatic rings. The topological polar surface area (TPSA) is 12.0 Å². The van der Waals surface area contributed by atoms with Gasteiger partial charge in [-0.05, 0) is 38.3 Å². The molecule has 1 N–H and O–H groups in total. The van der Waals surface area contributed by atoms with Crippen LogP contribution in [0.3, 0.4) is 0 Å². The van der Waals surface area contributed by atoms with Gasteiger partial charge < -0.3 is 5.32 Å². The second-order valence-electron chi connectivity index (χ2n) is 4.19. The molecule has 84 valence electrons. The predicted molar refractivity (Wildman–Crippen MR) is 65.6 cm³/mol. The molecule has 0 saturated heterocycles. The van der Waals surface area contributed by atoms with Crippen molar-refractivity contribution in [3.05, 3.63) is 12.7 Å². The third kappa shape index (κ3) is 9.79. The normalized spacial score (nSPS) is 12.7. The van der Waals surface area contributed by atoms with E-state index in [1.165, 1.54) is 45.1 Å². The lowest BCUT2D eigenvalue weighted by Crippen LogP contribution is -2.20. The second kappa shape index (κ2) is 10.8. The van der Waals surface area contributed by atoms with E-state index in [1.807, 2.05) is 6.08 Å². The van der Waals surface area contributed by atoms with E-state index in [2.05, 4.69) is 25.7 Å². The minimum atomic E-state index is 0.842. The molecule has 1 unspecified atom stereocenters. The quantitative estimate of drug-likeness (QED) is 0.415. The van der Waals surface area contributed by atoms with E-state index in [0.29, 0.717) is 0 Å². The van der Waals surface area contributed by atoms with Gasteiger partial charge in [-0.2, -0.15) is 0 Å². The van der Waals surface area contributed by atoms with Gasteiger partial charge in [0.05, 0.1) is 0 Å². The van der Waals surface area contributed by atoms with Crippen molar-refractivity contribution in [2.24, 2.45) is 5.92 Å². The summed E-state index contributed by atoms with van der Waals surface area (Å²) < 4.78 is 0. The molecule has 0 heterocycles. The second-order valence-corrected chi connectivity index (χ2v) is 4.19. The third-order valence-electron chi connectivity index (χ3n) is 2.60. The van der Waals surface area contributed by atoms with Gasteiger partial charge >= 0.3 is 0 Å². The monoisotopic (exact) mass is 197 g/mol. The molecule has 0 saturated carbocycles. The van der Waals surface area contributed by atoms with Crippen LogP contribution in [0.5, 0.6) is 0 Å². The molecule has 0 spiro atoms. The Balaban J connectivity index is 3.06. The first-order chi connectivity index (χ1) is 6.81. The molecule has 0 aliphatic carbocycles. The highest BCUT2D eigenvalue weighted by molar-refractivity contribution is 4.65. The molecular weight excluding hydrogens is 170 g/mol. The van der Waals surface area contributed by atoms with Crippen LogP contribution in [-0.4, -0.2) is 13.1 Å². The molecule has 0 fully saturated rings. The smallest absolute Gasteiger partial charge is 0.00233 e. The molecule has 14 heavy (non-hydrogen) atoms. The summed E-state index contributed by atoms with van der Waals surface area (Å²) in [5.74, 6) is 0.842. The molecule has 0 aliphatic heterocycles. The summed E-state index contributed by atoms with van der Waals surface area (Å²) in [5.41, 5.74) is 0. The lowest BCUT2D eigenvalue weighted by Gasteiger charge is -2.10. The van der Waals surface area contributed by atoms with E-state index in [0.717, 1.165) is 12.5 Å². The molecule has 0 aromatic rings. The van der Waals surface area contributed by atoms with Crippen molar-refractivity contribution in [2.75, 3.05) is 13.1 Å². The summed E-state index contributed by atoms with van der Waals surface area (Å²) in [4.78, 5) is 0. The van der Waals surface area contributed by atoms with E-state index in [4.69, 9.17) is 0 Å². The highest BCUT2D eigenvalue weighted by Gasteiger charge is 1.99. The summed E-state index contributed by atoms with van der Waals surface area (Å²) in [6.07, 6.45) is 10.1. The Morgan fingerprint density at radius 1 is 1.21 bits per heavy atom. The minimum absolute atomic E-state index is 0.842. The van der Waals surface area contributed by atoms with Gasteiger partial charge in [0.15, 0.2) is 0 Å². The molecule has 1 atom stereocenters. The zero-order valence-corrected chi connectivity index (χ0v) is 10.0. The van der Waals surface area contributed by atoms with Gasteiger partial charge in [0, 0.05) is 0 Å². The van der Waals surface area contributed by atoms with Crippen molar-refractivity contribution >= 4 is 0 Å². The summed E-state index contributed by atoms with van der Waals surface area (Å²) in [6.45, 7) is 10.5. The van der Waals surface area contributed by atoms with Crippen molar-refractivity contribution in [3.63, 3.8) is 0 Å². The maximum Gasteiger partial charge on any atom is -0.00233 e. The Labute approximate surface area is 90.0 Å². The van der Waals surface area contributed by atoms with E-state index >= 15 is 0 Å². The van der Waals surface area contributed by atoms with E-state index in [1.54, 1.807) is 0 Å². The zero-order valence-electron chi connectivity index (χ0n) is 10.0. The summed E-state index contributed by atoms with van der Waals surface area (Å²) >= 11 is 0. The van der Waals surface area contributed by atoms with Gasteiger partial charge in [0.2, 0.25) is 0 Å². The van der Waals surface area contributed by atoms with Crippen molar-refractivity contribution < 1.29 is 0 Å². The number of nitrogens with one attached hydrogen (secondary N) is 1. The summed E-state index contributed by atoms with van der Waals surface area (Å²) in [5, 5.41) is 3.40. The fourth-order valence-corrected chi connectivity index (χ4v) is 1.63. The van der Waals surface area contributed by atoms with Crippen LogP contribution in [0.2, 0.25) is 0 Å². The molecule has 0 amide bonds. The number of hydrogen-bond acceptors (Lipinski definition) is 1. The number of hydrogen-bond donors (Lipinski definition) is 1. The zero-order chi connectivity index (χ0) is 10.6. The molecule has 0 aromatic carbocycles. The summed E-state index contributed by atoms with van der Waals surface area (Å²) in [7, 11) is 0.